The second-order valence-corrected chi connectivity index (χ2v) is 11.4. The molecular formula is C25H33ClN8O3S. The molecule has 204 valence electrons. The zero-order valence-electron chi connectivity index (χ0n) is 21.7. The molecule has 2 heterocycles. The molecule has 0 bridgehead atoms. The van der Waals surface area contributed by atoms with Crippen LogP contribution in [0.4, 0.5) is 5.69 Å². The minimum Gasteiger partial charge on any atom is -0.349 e. The fourth-order valence-corrected chi connectivity index (χ4v) is 5.97. The minimum atomic E-state index is -0.525. The first-order chi connectivity index (χ1) is 18.1. The summed E-state index contributed by atoms with van der Waals surface area (Å²) in [6.45, 7) is 1.67. The van der Waals surface area contributed by atoms with Gasteiger partial charge in [0.1, 0.15) is 0 Å². The van der Waals surface area contributed by atoms with Crippen molar-refractivity contribution >= 4 is 52.2 Å². The van der Waals surface area contributed by atoms with E-state index in [9.17, 15) is 14.4 Å². The van der Waals surface area contributed by atoms with Crippen LogP contribution in [0.3, 0.4) is 0 Å². The monoisotopic (exact) mass is 560 g/mol. The third-order valence-corrected chi connectivity index (χ3v) is 8.12. The van der Waals surface area contributed by atoms with Gasteiger partial charge in [0, 0.05) is 55.1 Å². The normalized spacial score (nSPS) is 21.8. The lowest BCUT2D eigenvalue weighted by Crippen LogP contribution is -2.50. The molecule has 11 nitrogen and oxygen atoms in total. The SMILES string of the molecule is CN1CCc2nc(C(=O)N[C@@H]3C[C@@H](C(=O)N(C)C)CC[C@@H]3N=C(NN)C(=O)Nc3ccc(Cl)cc3)sc2C1. The van der Waals surface area contributed by atoms with Crippen LogP contribution in [-0.4, -0.2) is 78.1 Å². The highest BCUT2D eigenvalue weighted by Crippen LogP contribution is 2.30. The first-order valence-electron chi connectivity index (χ1n) is 12.4. The number of likely N-dealkylation sites (N-methyl/N-ethyl adjacent to an activating group) is 1. The summed E-state index contributed by atoms with van der Waals surface area (Å²) in [6.07, 6.45) is 2.26. The molecule has 1 fully saturated rings. The van der Waals surface area contributed by atoms with Crippen LogP contribution in [0, 0.1) is 5.92 Å². The lowest BCUT2D eigenvalue weighted by molar-refractivity contribution is -0.134. The van der Waals surface area contributed by atoms with E-state index in [0.717, 1.165) is 30.1 Å². The number of nitrogens with zero attached hydrogens (tertiary/aromatic N) is 4. The lowest BCUT2D eigenvalue weighted by Gasteiger charge is -2.35. The number of aliphatic imine (C=N–C) groups is 1. The van der Waals surface area contributed by atoms with Crippen LogP contribution < -0.4 is 21.9 Å². The predicted molar refractivity (Wildman–Crippen MR) is 148 cm³/mol. The van der Waals surface area contributed by atoms with Crippen LogP contribution in [0.25, 0.3) is 0 Å². The van der Waals surface area contributed by atoms with E-state index in [0.29, 0.717) is 35.0 Å². The van der Waals surface area contributed by atoms with Gasteiger partial charge in [-0.1, -0.05) is 11.6 Å². The molecule has 0 spiro atoms. The van der Waals surface area contributed by atoms with Gasteiger partial charge in [0.2, 0.25) is 11.7 Å². The number of carbonyl (C=O) groups is 3. The molecule has 4 rings (SSSR count). The topological polar surface area (TPSA) is 145 Å². The van der Waals surface area contributed by atoms with E-state index in [1.807, 2.05) is 7.05 Å². The molecule has 0 radical (unpaired) electrons. The quantitative estimate of drug-likeness (QED) is 0.188. The summed E-state index contributed by atoms with van der Waals surface area (Å²) in [5.74, 6) is 4.49. The highest BCUT2D eigenvalue weighted by molar-refractivity contribution is 7.13. The molecule has 1 aromatic carbocycles. The van der Waals surface area contributed by atoms with E-state index in [-0.39, 0.29) is 23.6 Å². The second-order valence-electron chi connectivity index (χ2n) is 9.85. The number of carbonyl (C=O) groups excluding carboxylic acids is 3. The van der Waals surface area contributed by atoms with Crippen molar-refractivity contribution in [2.24, 2.45) is 16.8 Å². The van der Waals surface area contributed by atoms with Crippen molar-refractivity contribution in [1.82, 2.24) is 25.5 Å². The summed E-state index contributed by atoms with van der Waals surface area (Å²) < 4.78 is 0. The molecule has 2 aliphatic rings. The number of rotatable bonds is 5. The number of amidine groups is 1. The maximum absolute atomic E-state index is 13.3. The molecule has 38 heavy (non-hydrogen) atoms. The van der Waals surface area contributed by atoms with E-state index in [4.69, 9.17) is 17.4 Å². The number of nitrogens with one attached hydrogen (secondary N) is 3. The number of hydrazine groups is 1. The van der Waals surface area contributed by atoms with E-state index < -0.39 is 18.0 Å². The third-order valence-electron chi connectivity index (χ3n) is 6.79. The highest BCUT2D eigenvalue weighted by atomic mass is 35.5. The predicted octanol–water partition coefficient (Wildman–Crippen LogP) is 1.64. The van der Waals surface area contributed by atoms with Crippen LogP contribution in [0.1, 0.15) is 39.6 Å². The summed E-state index contributed by atoms with van der Waals surface area (Å²) in [7, 11) is 5.48. The Hall–Kier alpha value is -3.06. The Morgan fingerprint density at radius 3 is 2.63 bits per heavy atom. The number of amides is 3. The van der Waals surface area contributed by atoms with Crippen LogP contribution in [-0.2, 0) is 22.6 Å². The Bertz CT molecular complexity index is 1220. The van der Waals surface area contributed by atoms with Crippen molar-refractivity contribution < 1.29 is 14.4 Å². The van der Waals surface area contributed by atoms with Gasteiger partial charge in [-0.2, -0.15) is 0 Å². The molecule has 1 aliphatic carbocycles. The van der Waals surface area contributed by atoms with Crippen molar-refractivity contribution in [1.29, 1.82) is 0 Å². The Morgan fingerprint density at radius 2 is 1.95 bits per heavy atom. The van der Waals surface area contributed by atoms with Gasteiger partial charge in [0.05, 0.1) is 17.8 Å². The van der Waals surface area contributed by atoms with Crippen molar-refractivity contribution in [3.63, 3.8) is 0 Å². The Labute approximate surface area is 230 Å². The molecule has 3 atom stereocenters. The maximum atomic E-state index is 13.3. The maximum Gasteiger partial charge on any atom is 0.292 e. The van der Waals surface area contributed by atoms with E-state index in [1.54, 1.807) is 43.3 Å². The number of nitrogens with two attached hydrogens (primary N) is 1. The van der Waals surface area contributed by atoms with Gasteiger partial charge >= 0.3 is 0 Å². The second kappa shape index (κ2) is 12.2. The number of hydrogen-bond acceptors (Lipinski definition) is 8. The van der Waals surface area contributed by atoms with E-state index in [2.05, 4.69) is 30.9 Å². The zero-order valence-corrected chi connectivity index (χ0v) is 23.2. The smallest absolute Gasteiger partial charge is 0.292 e. The van der Waals surface area contributed by atoms with Gasteiger partial charge < -0.3 is 25.9 Å². The molecule has 1 saturated carbocycles. The van der Waals surface area contributed by atoms with Gasteiger partial charge in [-0.05, 0) is 50.6 Å². The van der Waals surface area contributed by atoms with Crippen molar-refractivity contribution in [3.8, 4) is 0 Å². The third kappa shape index (κ3) is 6.68. The largest absolute Gasteiger partial charge is 0.349 e. The molecule has 1 aromatic heterocycles. The molecule has 0 unspecified atom stereocenters. The van der Waals surface area contributed by atoms with Crippen LogP contribution in [0.5, 0.6) is 0 Å². The minimum absolute atomic E-state index is 0.00270. The van der Waals surface area contributed by atoms with Gasteiger partial charge in [-0.3, -0.25) is 19.4 Å². The van der Waals surface area contributed by atoms with Crippen molar-refractivity contribution in [3.05, 3.63) is 44.9 Å². The Morgan fingerprint density at radius 1 is 1.21 bits per heavy atom. The fraction of sp³-hybridized carbons (Fsp3) is 0.480. The Kier molecular flexibility index (Phi) is 8.98. The van der Waals surface area contributed by atoms with Gasteiger partial charge in [0.25, 0.3) is 11.8 Å². The van der Waals surface area contributed by atoms with Crippen molar-refractivity contribution in [2.45, 2.75) is 44.3 Å². The molecule has 3 amide bonds. The molecule has 5 N–H and O–H groups in total. The highest BCUT2D eigenvalue weighted by Gasteiger charge is 2.37. The summed E-state index contributed by atoms with van der Waals surface area (Å²) >= 11 is 7.31. The fourth-order valence-electron chi connectivity index (χ4n) is 4.75. The number of aromatic nitrogens is 1. The number of hydrogen-bond donors (Lipinski definition) is 4. The van der Waals surface area contributed by atoms with Gasteiger partial charge in [-0.25, -0.2) is 10.8 Å². The molecule has 13 heteroatoms. The van der Waals surface area contributed by atoms with Crippen LogP contribution in [0.15, 0.2) is 29.3 Å². The summed E-state index contributed by atoms with van der Waals surface area (Å²) in [6, 6.07) is 5.70. The number of thiazole rings is 1. The van der Waals surface area contributed by atoms with Gasteiger partial charge in [0.15, 0.2) is 5.01 Å². The van der Waals surface area contributed by atoms with Crippen LogP contribution in [0.2, 0.25) is 5.02 Å². The Balaban J connectivity index is 1.53. The average molecular weight is 561 g/mol. The van der Waals surface area contributed by atoms with Gasteiger partial charge in [-0.15, -0.1) is 11.3 Å². The standard InChI is InChI=1S/C25H33ClN8O3S/c1-33(2)25(37)14-4-9-17(29-21(32-27)22(35)28-16-7-5-15(26)6-8-16)19(12-14)30-23(36)24-31-18-10-11-34(3)13-20(18)38-24/h5-8,14,17,19H,4,9-13,27H2,1-3H3,(H,28,35)(H,29,32)(H,30,36)/t14-,17-,19+/m0/s1. The summed E-state index contributed by atoms with van der Waals surface area (Å²) in [5.41, 5.74) is 3.88. The van der Waals surface area contributed by atoms with E-state index >= 15 is 0 Å². The summed E-state index contributed by atoms with van der Waals surface area (Å²) in [4.78, 5) is 52.9. The first-order valence-corrected chi connectivity index (χ1v) is 13.6. The number of halogens is 1. The number of anilines is 1. The average Bonchev–Trinajstić information content (AvgIpc) is 3.32. The molecule has 2 aromatic rings. The molecule has 1 aliphatic heterocycles. The number of fused-ring (bicyclic) bond motifs is 1. The van der Waals surface area contributed by atoms with Crippen LogP contribution >= 0.6 is 22.9 Å². The summed E-state index contributed by atoms with van der Waals surface area (Å²) in [5, 5.41) is 6.73. The van der Waals surface area contributed by atoms with Crippen molar-refractivity contribution in [2.75, 3.05) is 33.0 Å². The lowest BCUT2D eigenvalue weighted by atomic mass is 9.81. The van der Waals surface area contributed by atoms with E-state index in [1.165, 1.54) is 11.3 Å². The zero-order chi connectivity index (χ0) is 27.4. The first kappa shape index (κ1) is 28.0. The molecule has 0 saturated heterocycles. The number of benzene rings is 1. The molecular weight excluding hydrogens is 528 g/mol.